The molecule has 0 bridgehead atoms. The van der Waals surface area contributed by atoms with Gasteiger partial charge in [0.25, 0.3) is 5.91 Å². The topological polar surface area (TPSA) is 92.4 Å². The molecule has 4 N–H and O–H groups in total. The van der Waals surface area contributed by atoms with Crippen molar-refractivity contribution in [2.24, 2.45) is 5.73 Å². The molecule has 1 rings (SSSR count). The maximum absolute atomic E-state index is 12.1. The van der Waals surface area contributed by atoms with Gasteiger partial charge in [0, 0.05) is 18.2 Å². The summed E-state index contributed by atoms with van der Waals surface area (Å²) < 4.78 is 31.7. The third-order valence-electron chi connectivity index (χ3n) is 3.54. The quantitative estimate of drug-likeness (QED) is 0.725. The van der Waals surface area contributed by atoms with Crippen molar-refractivity contribution in [1.29, 1.82) is 0 Å². The van der Waals surface area contributed by atoms with E-state index in [9.17, 15) is 18.0 Å². The summed E-state index contributed by atoms with van der Waals surface area (Å²) in [5.74, 6) is -2.78. The summed E-state index contributed by atoms with van der Waals surface area (Å²) in [6, 6.07) is 5.86. The molecular formula is C17H25F3N2O3. The normalized spacial score (nSPS) is 12.0. The number of amides is 1. The predicted octanol–water partition coefficient (Wildman–Crippen LogP) is 3.18. The van der Waals surface area contributed by atoms with Gasteiger partial charge in [0.15, 0.2) is 0 Å². The summed E-state index contributed by atoms with van der Waals surface area (Å²) in [6.45, 7) is 6.69. The van der Waals surface area contributed by atoms with E-state index in [4.69, 9.17) is 15.6 Å². The molecule has 1 amide bonds. The third kappa shape index (κ3) is 9.09. The molecule has 1 aromatic carbocycles. The van der Waals surface area contributed by atoms with E-state index in [2.05, 4.69) is 12.2 Å². The monoisotopic (exact) mass is 362 g/mol. The number of nitrogens with one attached hydrogen (secondary N) is 1. The average Bonchev–Trinajstić information content (AvgIpc) is 2.53. The number of carboxylic acids is 1. The molecule has 0 aromatic heterocycles. The van der Waals surface area contributed by atoms with Gasteiger partial charge in [-0.2, -0.15) is 13.2 Å². The van der Waals surface area contributed by atoms with Crippen molar-refractivity contribution in [2.45, 2.75) is 52.3 Å². The maximum Gasteiger partial charge on any atom is 0.490 e. The largest absolute Gasteiger partial charge is 0.490 e. The number of rotatable bonds is 6. The lowest BCUT2D eigenvalue weighted by Crippen LogP contribution is -2.40. The van der Waals surface area contributed by atoms with Gasteiger partial charge in [0.1, 0.15) is 0 Å². The minimum atomic E-state index is -5.08. The number of unbranched alkanes of at least 4 members (excludes halogenated alkanes) is 1. The van der Waals surface area contributed by atoms with Crippen LogP contribution in [0.4, 0.5) is 13.2 Å². The highest BCUT2D eigenvalue weighted by molar-refractivity contribution is 5.94. The number of aliphatic carboxylic acids is 1. The highest BCUT2D eigenvalue weighted by atomic mass is 19.4. The molecule has 0 saturated heterocycles. The maximum atomic E-state index is 12.1. The number of aryl methyl sites for hydroxylation is 2. The summed E-state index contributed by atoms with van der Waals surface area (Å²) in [7, 11) is 0. The molecule has 8 heteroatoms. The van der Waals surface area contributed by atoms with E-state index in [1.54, 1.807) is 0 Å². The number of halogens is 3. The molecule has 0 radical (unpaired) electrons. The molecule has 0 aliphatic rings. The van der Waals surface area contributed by atoms with Crippen molar-refractivity contribution < 1.29 is 27.9 Å². The first-order chi connectivity index (χ1) is 11.5. The fourth-order valence-corrected chi connectivity index (χ4v) is 1.85. The standard InChI is InChI=1S/C15H24N2O.C2HF3O2/c1-4-5-6-14(10-16)17-15(18)13-8-7-11(2)12(3)9-13;3-2(4,5)1(6)7/h7-9,14H,4-6,10,16H2,1-3H3,(H,17,18);(H,6,7). The number of nitrogens with two attached hydrogens (primary N) is 1. The van der Waals surface area contributed by atoms with Crippen LogP contribution in [0.1, 0.15) is 47.7 Å². The smallest absolute Gasteiger partial charge is 0.475 e. The second-order valence-electron chi connectivity index (χ2n) is 5.65. The molecular weight excluding hydrogens is 337 g/mol. The lowest BCUT2D eigenvalue weighted by Gasteiger charge is -2.16. The van der Waals surface area contributed by atoms with Crippen molar-refractivity contribution >= 4 is 11.9 Å². The number of alkyl halides is 3. The first-order valence-corrected chi connectivity index (χ1v) is 7.91. The Morgan fingerprint density at radius 1 is 1.24 bits per heavy atom. The Kier molecular flexibility index (Phi) is 9.81. The van der Waals surface area contributed by atoms with E-state index in [0.717, 1.165) is 24.8 Å². The zero-order valence-electron chi connectivity index (χ0n) is 14.6. The van der Waals surface area contributed by atoms with E-state index in [0.29, 0.717) is 12.1 Å². The van der Waals surface area contributed by atoms with Crippen LogP contribution >= 0.6 is 0 Å². The molecule has 0 spiro atoms. The van der Waals surface area contributed by atoms with Gasteiger partial charge in [-0.15, -0.1) is 0 Å². The third-order valence-corrected chi connectivity index (χ3v) is 3.54. The van der Waals surface area contributed by atoms with Crippen molar-refractivity contribution in [3.05, 3.63) is 34.9 Å². The first kappa shape index (κ1) is 22.9. The van der Waals surface area contributed by atoms with E-state index >= 15 is 0 Å². The average molecular weight is 362 g/mol. The number of carbonyl (C=O) groups is 2. The molecule has 25 heavy (non-hydrogen) atoms. The molecule has 0 aliphatic carbocycles. The van der Waals surface area contributed by atoms with Crippen molar-refractivity contribution in [3.63, 3.8) is 0 Å². The van der Waals surface area contributed by atoms with Crippen LogP contribution in [-0.4, -0.2) is 35.7 Å². The van der Waals surface area contributed by atoms with E-state index in [1.165, 1.54) is 5.56 Å². The van der Waals surface area contributed by atoms with Crippen LogP contribution in [0.2, 0.25) is 0 Å². The van der Waals surface area contributed by atoms with Crippen LogP contribution in [0.5, 0.6) is 0 Å². The molecule has 1 unspecified atom stereocenters. The fraction of sp³-hybridized carbons (Fsp3) is 0.529. The first-order valence-electron chi connectivity index (χ1n) is 7.91. The second kappa shape index (κ2) is 10.7. The summed E-state index contributed by atoms with van der Waals surface area (Å²) in [5, 5.41) is 10.1. The Hall–Kier alpha value is -2.09. The second-order valence-corrected chi connectivity index (χ2v) is 5.65. The zero-order valence-corrected chi connectivity index (χ0v) is 14.6. The van der Waals surface area contributed by atoms with Crippen molar-refractivity contribution in [2.75, 3.05) is 6.54 Å². The highest BCUT2D eigenvalue weighted by Crippen LogP contribution is 2.13. The Morgan fingerprint density at radius 3 is 2.20 bits per heavy atom. The van der Waals surface area contributed by atoms with Gasteiger partial charge in [-0.05, 0) is 43.5 Å². The summed E-state index contributed by atoms with van der Waals surface area (Å²) >= 11 is 0. The van der Waals surface area contributed by atoms with Gasteiger partial charge >= 0.3 is 12.1 Å². The number of hydrogen-bond donors (Lipinski definition) is 3. The fourth-order valence-electron chi connectivity index (χ4n) is 1.85. The van der Waals surface area contributed by atoms with E-state index < -0.39 is 12.1 Å². The minimum absolute atomic E-state index is 0.0235. The van der Waals surface area contributed by atoms with Gasteiger partial charge in [-0.25, -0.2) is 4.79 Å². The van der Waals surface area contributed by atoms with Gasteiger partial charge < -0.3 is 16.2 Å². The Labute approximate surface area is 145 Å². The molecule has 0 fully saturated rings. The summed E-state index contributed by atoms with van der Waals surface area (Å²) in [4.78, 5) is 21.0. The predicted molar refractivity (Wildman–Crippen MR) is 89.4 cm³/mol. The molecule has 0 saturated carbocycles. The van der Waals surface area contributed by atoms with Gasteiger partial charge in [0.2, 0.25) is 0 Å². The summed E-state index contributed by atoms with van der Waals surface area (Å²) in [5.41, 5.74) is 8.74. The van der Waals surface area contributed by atoms with Crippen LogP contribution in [0, 0.1) is 13.8 Å². The highest BCUT2D eigenvalue weighted by Gasteiger charge is 2.38. The van der Waals surface area contributed by atoms with Gasteiger partial charge in [0.05, 0.1) is 0 Å². The minimum Gasteiger partial charge on any atom is -0.475 e. The van der Waals surface area contributed by atoms with Crippen LogP contribution in [0.15, 0.2) is 18.2 Å². The van der Waals surface area contributed by atoms with Crippen molar-refractivity contribution in [1.82, 2.24) is 5.32 Å². The molecule has 1 aromatic rings. The number of carbonyl (C=O) groups excluding carboxylic acids is 1. The van der Waals surface area contributed by atoms with E-state index in [1.807, 2.05) is 32.0 Å². The van der Waals surface area contributed by atoms with Crippen LogP contribution in [0.3, 0.4) is 0 Å². The van der Waals surface area contributed by atoms with Gasteiger partial charge in [-0.1, -0.05) is 25.8 Å². The van der Waals surface area contributed by atoms with Crippen molar-refractivity contribution in [3.8, 4) is 0 Å². The SMILES string of the molecule is CCCCC(CN)NC(=O)c1ccc(C)c(C)c1.O=C(O)C(F)(F)F. The number of benzene rings is 1. The van der Waals surface area contributed by atoms with Crippen LogP contribution in [-0.2, 0) is 4.79 Å². The Balaban J connectivity index is 0.000000697. The zero-order chi connectivity index (χ0) is 19.6. The molecule has 142 valence electrons. The van der Waals surface area contributed by atoms with Crippen LogP contribution in [0.25, 0.3) is 0 Å². The van der Waals surface area contributed by atoms with Gasteiger partial charge in [-0.3, -0.25) is 4.79 Å². The van der Waals surface area contributed by atoms with E-state index in [-0.39, 0.29) is 11.9 Å². The Bertz CT molecular complexity index is 575. The molecule has 0 heterocycles. The molecule has 1 atom stereocenters. The molecule has 0 aliphatic heterocycles. The summed E-state index contributed by atoms with van der Waals surface area (Å²) in [6.07, 6.45) is -1.92. The molecule has 5 nitrogen and oxygen atoms in total. The number of carboxylic acid groups (broad SMARTS) is 1. The Morgan fingerprint density at radius 2 is 1.80 bits per heavy atom. The van der Waals surface area contributed by atoms with Crippen LogP contribution < -0.4 is 11.1 Å². The lowest BCUT2D eigenvalue weighted by molar-refractivity contribution is -0.192. The lowest BCUT2D eigenvalue weighted by atomic mass is 10.0. The number of hydrogen-bond acceptors (Lipinski definition) is 3.